The molecule has 0 unspecified atom stereocenters. The molecule has 0 N–H and O–H groups in total. The quantitative estimate of drug-likeness (QED) is 0.630. The third-order valence-corrected chi connectivity index (χ3v) is 5.31. The van der Waals surface area contributed by atoms with Gasteiger partial charge in [0.2, 0.25) is 0 Å². The number of hydrogen-bond donors (Lipinski definition) is 0. The molecule has 3 aromatic rings. The molecule has 1 aliphatic heterocycles. The largest absolute Gasteiger partial charge is 0.489 e. The minimum atomic E-state index is 0.0469. The first-order valence-electron chi connectivity index (χ1n) is 9.80. The van der Waals surface area contributed by atoms with E-state index in [-0.39, 0.29) is 5.91 Å². The van der Waals surface area contributed by atoms with Gasteiger partial charge in [-0.25, -0.2) is 0 Å². The first-order valence-corrected chi connectivity index (χ1v) is 9.80. The summed E-state index contributed by atoms with van der Waals surface area (Å²) in [5.74, 6) is 1.53. The van der Waals surface area contributed by atoms with Crippen LogP contribution >= 0.6 is 0 Å². The summed E-state index contributed by atoms with van der Waals surface area (Å²) in [6.45, 7) is 5.52. The van der Waals surface area contributed by atoms with Crippen molar-refractivity contribution in [3.63, 3.8) is 0 Å². The molecule has 1 aliphatic rings. The highest BCUT2D eigenvalue weighted by Crippen LogP contribution is 2.24. The van der Waals surface area contributed by atoms with E-state index in [1.165, 1.54) is 11.1 Å². The number of carbonyl (C=O) groups excluding carboxylic acids is 1. The van der Waals surface area contributed by atoms with Gasteiger partial charge in [-0.3, -0.25) is 4.79 Å². The fraction of sp³-hybridized carbons (Fsp3) is 0.250. The molecule has 2 heterocycles. The van der Waals surface area contributed by atoms with Gasteiger partial charge in [0.25, 0.3) is 5.91 Å². The van der Waals surface area contributed by atoms with Crippen LogP contribution in [0.2, 0.25) is 0 Å². The van der Waals surface area contributed by atoms with Gasteiger partial charge >= 0.3 is 0 Å². The van der Waals surface area contributed by atoms with Crippen molar-refractivity contribution in [2.24, 2.45) is 0 Å². The van der Waals surface area contributed by atoms with Crippen molar-refractivity contribution in [3.05, 3.63) is 88.8 Å². The van der Waals surface area contributed by atoms with Crippen molar-refractivity contribution < 1.29 is 14.1 Å². The van der Waals surface area contributed by atoms with Crippen LogP contribution in [0.5, 0.6) is 5.75 Å². The van der Waals surface area contributed by atoms with Crippen molar-refractivity contribution in [1.29, 1.82) is 0 Å². The standard InChI is InChI=1S/C24H24N2O3/c1-17-23(18(2)29-25-17)16-28-22-10-8-21(9-11-22)24(27)26-14-12-20(13-15-26)19-6-4-3-5-7-19/h3-12H,13-16H2,1-2H3. The molecule has 2 aromatic carbocycles. The van der Waals surface area contributed by atoms with Gasteiger partial charge in [-0.2, -0.15) is 0 Å². The lowest BCUT2D eigenvalue weighted by molar-refractivity contribution is 0.0773. The van der Waals surface area contributed by atoms with Crippen LogP contribution < -0.4 is 4.74 Å². The molecule has 0 atom stereocenters. The van der Waals surface area contributed by atoms with Crippen molar-refractivity contribution in [1.82, 2.24) is 10.1 Å². The Morgan fingerprint density at radius 2 is 1.86 bits per heavy atom. The summed E-state index contributed by atoms with van der Waals surface area (Å²) in [5, 5.41) is 3.93. The minimum Gasteiger partial charge on any atom is -0.489 e. The Hall–Kier alpha value is -3.34. The van der Waals surface area contributed by atoms with Gasteiger partial charge in [-0.05, 0) is 55.7 Å². The van der Waals surface area contributed by atoms with Gasteiger partial charge in [0.05, 0.1) is 11.3 Å². The predicted octanol–water partition coefficient (Wildman–Crippen LogP) is 4.80. The maximum atomic E-state index is 12.8. The summed E-state index contributed by atoms with van der Waals surface area (Å²) < 4.78 is 11.0. The number of rotatable bonds is 5. The van der Waals surface area contributed by atoms with Crippen LogP contribution in [-0.4, -0.2) is 29.1 Å². The van der Waals surface area contributed by atoms with E-state index >= 15 is 0 Å². The van der Waals surface area contributed by atoms with Crippen LogP contribution in [0.25, 0.3) is 5.57 Å². The second-order valence-corrected chi connectivity index (χ2v) is 7.21. The van der Waals surface area contributed by atoms with Crippen LogP contribution in [0.3, 0.4) is 0 Å². The minimum absolute atomic E-state index is 0.0469. The molecule has 0 radical (unpaired) electrons. The lowest BCUT2D eigenvalue weighted by Gasteiger charge is -2.27. The van der Waals surface area contributed by atoms with Gasteiger partial charge < -0.3 is 14.2 Å². The van der Waals surface area contributed by atoms with Crippen LogP contribution in [-0.2, 0) is 6.61 Å². The molecule has 5 nitrogen and oxygen atoms in total. The van der Waals surface area contributed by atoms with Crippen LogP contribution in [0, 0.1) is 13.8 Å². The molecule has 4 rings (SSSR count). The average molecular weight is 388 g/mol. The Kier molecular flexibility index (Phi) is 5.47. The maximum Gasteiger partial charge on any atom is 0.254 e. The third kappa shape index (κ3) is 4.24. The van der Waals surface area contributed by atoms with E-state index in [1.807, 2.05) is 61.2 Å². The third-order valence-electron chi connectivity index (χ3n) is 5.31. The van der Waals surface area contributed by atoms with E-state index in [1.54, 1.807) is 0 Å². The number of amides is 1. The lowest BCUT2D eigenvalue weighted by atomic mass is 9.99. The summed E-state index contributed by atoms with van der Waals surface area (Å²) in [6.07, 6.45) is 3.02. The van der Waals surface area contributed by atoms with E-state index in [0.717, 1.165) is 30.0 Å². The molecule has 29 heavy (non-hydrogen) atoms. The Balaban J connectivity index is 1.37. The molecular formula is C24H24N2O3. The normalized spacial score (nSPS) is 13.9. The Morgan fingerprint density at radius 3 is 2.48 bits per heavy atom. The number of hydrogen-bond acceptors (Lipinski definition) is 4. The summed E-state index contributed by atoms with van der Waals surface area (Å²) in [4.78, 5) is 14.7. The summed E-state index contributed by atoms with van der Waals surface area (Å²) in [6, 6.07) is 17.6. The van der Waals surface area contributed by atoms with Crippen molar-refractivity contribution in [2.45, 2.75) is 26.9 Å². The number of ether oxygens (including phenoxy) is 1. The number of carbonyl (C=O) groups is 1. The molecule has 0 saturated heterocycles. The summed E-state index contributed by atoms with van der Waals surface area (Å²) in [5.41, 5.74) is 5.00. The molecule has 1 aromatic heterocycles. The molecule has 148 valence electrons. The van der Waals surface area contributed by atoms with Crippen molar-refractivity contribution >= 4 is 11.5 Å². The molecule has 1 amide bonds. The van der Waals surface area contributed by atoms with E-state index < -0.39 is 0 Å². The molecule has 0 bridgehead atoms. The fourth-order valence-corrected chi connectivity index (χ4v) is 3.51. The highest BCUT2D eigenvalue weighted by atomic mass is 16.5. The summed E-state index contributed by atoms with van der Waals surface area (Å²) in [7, 11) is 0. The average Bonchev–Trinajstić information content (AvgIpc) is 3.10. The number of aromatic nitrogens is 1. The Labute approximate surface area is 170 Å². The zero-order valence-electron chi connectivity index (χ0n) is 16.7. The number of benzene rings is 2. The molecular weight excluding hydrogens is 364 g/mol. The van der Waals surface area contributed by atoms with E-state index in [0.29, 0.717) is 24.5 Å². The summed E-state index contributed by atoms with van der Waals surface area (Å²) >= 11 is 0. The van der Waals surface area contributed by atoms with E-state index in [2.05, 4.69) is 23.4 Å². The SMILES string of the molecule is Cc1noc(C)c1COc1ccc(C(=O)N2CC=C(c3ccccc3)CC2)cc1. The maximum absolute atomic E-state index is 12.8. The van der Waals surface area contributed by atoms with Gasteiger partial charge in [-0.1, -0.05) is 41.6 Å². The topological polar surface area (TPSA) is 55.6 Å². The van der Waals surface area contributed by atoms with Gasteiger partial charge in [0.15, 0.2) is 0 Å². The first-order chi connectivity index (χ1) is 14.1. The van der Waals surface area contributed by atoms with Gasteiger partial charge in [0, 0.05) is 18.7 Å². The van der Waals surface area contributed by atoms with Crippen molar-refractivity contribution in [3.8, 4) is 5.75 Å². The second-order valence-electron chi connectivity index (χ2n) is 7.21. The van der Waals surface area contributed by atoms with Crippen LogP contribution in [0.4, 0.5) is 0 Å². The fourth-order valence-electron chi connectivity index (χ4n) is 3.51. The lowest BCUT2D eigenvalue weighted by Crippen LogP contribution is -2.34. The Bertz CT molecular complexity index is 1000. The monoisotopic (exact) mass is 388 g/mol. The zero-order valence-corrected chi connectivity index (χ0v) is 16.7. The molecule has 0 fully saturated rings. The highest BCUT2D eigenvalue weighted by molar-refractivity contribution is 5.95. The zero-order chi connectivity index (χ0) is 20.2. The van der Waals surface area contributed by atoms with Crippen LogP contribution in [0.1, 0.15) is 39.4 Å². The Morgan fingerprint density at radius 1 is 1.10 bits per heavy atom. The van der Waals surface area contributed by atoms with Gasteiger partial charge in [0.1, 0.15) is 18.1 Å². The smallest absolute Gasteiger partial charge is 0.254 e. The first kappa shape index (κ1) is 19.0. The molecule has 0 spiro atoms. The van der Waals surface area contributed by atoms with E-state index in [9.17, 15) is 4.79 Å². The molecule has 0 aliphatic carbocycles. The number of aryl methyl sites for hydroxylation is 2. The van der Waals surface area contributed by atoms with Gasteiger partial charge in [-0.15, -0.1) is 0 Å². The second kappa shape index (κ2) is 8.35. The predicted molar refractivity (Wildman–Crippen MR) is 112 cm³/mol. The molecule has 5 heteroatoms. The van der Waals surface area contributed by atoms with Crippen molar-refractivity contribution in [2.75, 3.05) is 13.1 Å². The van der Waals surface area contributed by atoms with Crippen LogP contribution in [0.15, 0.2) is 65.2 Å². The molecule has 0 saturated carbocycles. The number of nitrogens with zero attached hydrogens (tertiary/aromatic N) is 2. The van der Waals surface area contributed by atoms with E-state index in [4.69, 9.17) is 9.26 Å². The highest BCUT2D eigenvalue weighted by Gasteiger charge is 2.19.